The third kappa shape index (κ3) is 3.42. The van der Waals surface area contributed by atoms with E-state index in [1.807, 2.05) is 26.0 Å². The second-order valence-electron chi connectivity index (χ2n) is 5.40. The average molecular weight is 362 g/mol. The van der Waals surface area contributed by atoms with E-state index in [1.54, 1.807) is 6.07 Å². The van der Waals surface area contributed by atoms with Gasteiger partial charge < -0.3 is 4.74 Å². The number of alkyl halides is 1. The van der Waals surface area contributed by atoms with Crippen molar-refractivity contribution >= 4 is 26.0 Å². The first kappa shape index (κ1) is 15.9. The van der Waals surface area contributed by atoms with Crippen LogP contribution in [0.4, 0.5) is 0 Å². The predicted molar refractivity (Wildman–Crippen MR) is 82.8 cm³/mol. The number of sulfonamides is 1. The smallest absolute Gasteiger partial charge is 0.241 e. The van der Waals surface area contributed by atoms with Gasteiger partial charge in [-0.25, -0.2) is 13.1 Å². The van der Waals surface area contributed by atoms with Crippen molar-refractivity contribution in [3.05, 3.63) is 29.3 Å². The van der Waals surface area contributed by atoms with Crippen molar-refractivity contribution in [3.8, 4) is 0 Å². The zero-order valence-corrected chi connectivity index (χ0v) is 14.2. The van der Waals surface area contributed by atoms with E-state index >= 15 is 0 Å². The first-order chi connectivity index (χ1) is 9.38. The molecule has 0 amide bonds. The molecule has 1 aliphatic rings. The lowest BCUT2D eigenvalue weighted by Crippen LogP contribution is -2.53. The highest BCUT2D eigenvalue weighted by Crippen LogP contribution is 2.27. The largest absolute Gasteiger partial charge is 0.381 e. The lowest BCUT2D eigenvalue weighted by molar-refractivity contribution is 0.0557. The fraction of sp³-hybridized carbons (Fsp3) is 0.571. The SMILES string of the molecule is Cc1ccc(C)c(S(=O)(=O)NC2(CBr)CCOCC2)c1. The summed E-state index contributed by atoms with van der Waals surface area (Å²) >= 11 is 3.44. The van der Waals surface area contributed by atoms with Gasteiger partial charge in [0.1, 0.15) is 0 Å². The van der Waals surface area contributed by atoms with Crippen molar-refractivity contribution in [1.82, 2.24) is 4.72 Å². The molecule has 0 aliphatic carbocycles. The summed E-state index contributed by atoms with van der Waals surface area (Å²) in [6.07, 6.45) is 1.37. The number of ether oxygens (including phenoxy) is 1. The van der Waals surface area contributed by atoms with E-state index in [9.17, 15) is 8.42 Å². The van der Waals surface area contributed by atoms with Crippen LogP contribution in [0.15, 0.2) is 23.1 Å². The number of aryl methyl sites for hydroxylation is 2. The molecule has 0 aromatic heterocycles. The van der Waals surface area contributed by atoms with Crippen LogP contribution < -0.4 is 4.72 Å². The molecule has 0 saturated carbocycles. The summed E-state index contributed by atoms with van der Waals surface area (Å²) in [5.74, 6) is 0. The summed E-state index contributed by atoms with van der Waals surface area (Å²) in [5.41, 5.74) is 1.25. The average Bonchev–Trinajstić information content (AvgIpc) is 2.42. The van der Waals surface area contributed by atoms with Gasteiger partial charge in [-0.1, -0.05) is 28.1 Å². The zero-order chi connectivity index (χ0) is 14.8. The maximum Gasteiger partial charge on any atom is 0.241 e. The predicted octanol–water partition coefficient (Wildman–Crippen LogP) is 2.53. The summed E-state index contributed by atoms with van der Waals surface area (Å²) in [6.45, 7) is 4.88. The Bertz CT molecular complexity index is 580. The van der Waals surface area contributed by atoms with Crippen LogP contribution in [-0.4, -0.2) is 32.5 Å². The van der Waals surface area contributed by atoms with Gasteiger partial charge in [-0.2, -0.15) is 0 Å². The third-order valence-corrected chi connectivity index (χ3v) is 6.48. The van der Waals surface area contributed by atoms with Crippen LogP contribution in [0.3, 0.4) is 0 Å². The van der Waals surface area contributed by atoms with Crippen LogP contribution in [-0.2, 0) is 14.8 Å². The van der Waals surface area contributed by atoms with Crippen molar-refractivity contribution in [2.45, 2.75) is 37.1 Å². The number of hydrogen-bond donors (Lipinski definition) is 1. The van der Waals surface area contributed by atoms with Crippen LogP contribution in [0, 0.1) is 13.8 Å². The minimum absolute atomic E-state index is 0.365. The minimum Gasteiger partial charge on any atom is -0.381 e. The minimum atomic E-state index is -3.52. The molecule has 0 spiro atoms. The van der Waals surface area contributed by atoms with Crippen molar-refractivity contribution < 1.29 is 13.2 Å². The maximum atomic E-state index is 12.7. The molecule has 2 rings (SSSR count). The Morgan fingerprint density at radius 1 is 1.30 bits per heavy atom. The van der Waals surface area contributed by atoms with Crippen LogP contribution in [0.5, 0.6) is 0 Å². The van der Waals surface area contributed by atoms with Gasteiger partial charge in [-0.15, -0.1) is 0 Å². The number of halogens is 1. The molecule has 1 aliphatic heterocycles. The van der Waals surface area contributed by atoms with Crippen LogP contribution in [0.25, 0.3) is 0 Å². The first-order valence-corrected chi connectivity index (χ1v) is 9.24. The maximum absolute atomic E-state index is 12.7. The number of nitrogens with one attached hydrogen (secondary N) is 1. The lowest BCUT2D eigenvalue weighted by Gasteiger charge is -2.36. The van der Waals surface area contributed by atoms with Gasteiger partial charge in [0.05, 0.1) is 4.90 Å². The highest BCUT2D eigenvalue weighted by atomic mass is 79.9. The van der Waals surface area contributed by atoms with Crippen LogP contribution in [0.2, 0.25) is 0 Å². The molecule has 1 aromatic carbocycles. The van der Waals surface area contributed by atoms with Crippen molar-refractivity contribution in [2.24, 2.45) is 0 Å². The Balaban J connectivity index is 2.32. The van der Waals surface area contributed by atoms with E-state index in [1.165, 1.54) is 0 Å². The molecule has 0 atom stereocenters. The summed E-state index contributed by atoms with van der Waals surface area (Å²) in [4.78, 5) is 0.365. The summed E-state index contributed by atoms with van der Waals surface area (Å²) in [5, 5.41) is 0.591. The molecule has 4 nitrogen and oxygen atoms in total. The molecule has 112 valence electrons. The molecule has 1 heterocycles. The van der Waals surface area contributed by atoms with Gasteiger partial charge in [0.15, 0.2) is 0 Å². The molecular formula is C14H20BrNO3S. The third-order valence-electron chi connectivity index (χ3n) is 3.69. The molecule has 0 unspecified atom stereocenters. The van der Waals surface area contributed by atoms with Gasteiger partial charge >= 0.3 is 0 Å². The lowest BCUT2D eigenvalue weighted by atomic mass is 9.94. The fourth-order valence-electron chi connectivity index (χ4n) is 2.36. The van der Waals surface area contributed by atoms with Gasteiger partial charge in [0, 0.05) is 24.1 Å². The Hall–Kier alpha value is -0.430. The summed E-state index contributed by atoms with van der Waals surface area (Å²) in [6, 6.07) is 5.48. The molecule has 1 aromatic rings. The monoisotopic (exact) mass is 361 g/mol. The molecule has 20 heavy (non-hydrogen) atoms. The zero-order valence-electron chi connectivity index (χ0n) is 11.8. The van der Waals surface area contributed by atoms with Gasteiger partial charge in [0.2, 0.25) is 10.0 Å². The van der Waals surface area contributed by atoms with Crippen molar-refractivity contribution in [2.75, 3.05) is 18.5 Å². The molecule has 6 heteroatoms. The van der Waals surface area contributed by atoms with Crippen molar-refractivity contribution in [1.29, 1.82) is 0 Å². The highest BCUT2D eigenvalue weighted by molar-refractivity contribution is 9.09. The van der Waals surface area contributed by atoms with Gasteiger partial charge in [0.25, 0.3) is 0 Å². The molecule has 1 N–H and O–H groups in total. The number of rotatable bonds is 4. The van der Waals surface area contributed by atoms with E-state index in [0.29, 0.717) is 36.3 Å². The molecule has 1 fully saturated rings. The molecule has 0 radical (unpaired) electrons. The normalized spacial score (nSPS) is 18.9. The van der Waals surface area contributed by atoms with Gasteiger partial charge in [-0.05, 0) is 43.9 Å². The fourth-order valence-corrected chi connectivity index (χ4v) is 5.04. The summed E-state index contributed by atoms with van der Waals surface area (Å²) < 4.78 is 33.6. The van der Waals surface area contributed by atoms with E-state index in [-0.39, 0.29) is 0 Å². The standard InChI is InChI=1S/C14H20BrNO3S/c1-11-3-4-12(2)13(9-11)20(17,18)16-14(10-15)5-7-19-8-6-14/h3-4,9,16H,5-8,10H2,1-2H3. The van der Waals surface area contributed by atoms with E-state index < -0.39 is 15.6 Å². The first-order valence-electron chi connectivity index (χ1n) is 6.63. The van der Waals surface area contributed by atoms with Gasteiger partial charge in [-0.3, -0.25) is 0 Å². The Labute approximate surface area is 129 Å². The Morgan fingerprint density at radius 3 is 2.55 bits per heavy atom. The van der Waals surface area contributed by atoms with E-state index in [4.69, 9.17) is 4.74 Å². The van der Waals surface area contributed by atoms with E-state index in [2.05, 4.69) is 20.7 Å². The van der Waals surface area contributed by atoms with Crippen LogP contribution in [0.1, 0.15) is 24.0 Å². The van der Waals surface area contributed by atoms with E-state index in [0.717, 1.165) is 11.1 Å². The topological polar surface area (TPSA) is 55.4 Å². The summed E-state index contributed by atoms with van der Waals surface area (Å²) in [7, 11) is -3.52. The van der Waals surface area contributed by atoms with Crippen LogP contribution >= 0.6 is 15.9 Å². The second-order valence-corrected chi connectivity index (χ2v) is 7.61. The van der Waals surface area contributed by atoms with Crippen molar-refractivity contribution in [3.63, 3.8) is 0 Å². The molecular weight excluding hydrogens is 342 g/mol. The Morgan fingerprint density at radius 2 is 1.95 bits per heavy atom. The quantitative estimate of drug-likeness (QED) is 0.838. The number of hydrogen-bond acceptors (Lipinski definition) is 3. The highest BCUT2D eigenvalue weighted by Gasteiger charge is 2.36. The Kier molecular flexibility index (Phi) is 4.89. The number of benzene rings is 1. The molecule has 1 saturated heterocycles. The second kappa shape index (κ2) is 6.13. The molecule has 0 bridgehead atoms.